The highest BCUT2D eigenvalue weighted by atomic mass is 79.9. The fourth-order valence-electron chi connectivity index (χ4n) is 1.90. The summed E-state index contributed by atoms with van der Waals surface area (Å²) in [5, 5.41) is 3.99. The molecule has 0 atom stereocenters. The Morgan fingerprint density at radius 3 is 2.48 bits per heavy atom. The van der Waals surface area contributed by atoms with Crippen LogP contribution in [0.15, 0.2) is 40.9 Å². The van der Waals surface area contributed by atoms with Gasteiger partial charge < -0.3 is 10.1 Å². The van der Waals surface area contributed by atoms with Crippen LogP contribution in [-0.4, -0.2) is 6.04 Å². The van der Waals surface area contributed by atoms with E-state index in [0.717, 1.165) is 27.9 Å². The summed E-state index contributed by atoms with van der Waals surface area (Å²) in [6.07, 6.45) is 0. The molecule has 0 bridgehead atoms. The van der Waals surface area contributed by atoms with E-state index < -0.39 is 0 Å². The minimum atomic E-state index is 0.449. The molecule has 0 spiro atoms. The molecule has 0 amide bonds. The smallest absolute Gasteiger partial charge is 0.146 e. The maximum atomic E-state index is 6.32. The summed E-state index contributed by atoms with van der Waals surface area (Å²) in [6.45, 7) is 7.05. The van der Waals surface area contributed by atoms with Gasteiger partial charge in [-0.2, -0.15) is 0 Å². The second kappa shape index (κ2) is 7.30. The highest BCUT2D eigenvalue weighted by Gasteiger charge is 2.07. The summed E-state index contributed by atoms with van der Waals surface area (Å²) in [7, 11) is 0. The SMILES string of the molecule is Cc1cc(Br)ccc1Oc1ccc(CNC(C)C)cc1Cl. The van der Waals surface area contributed by atoms with Crippen LogP contribution in [0.1, 0.15) is 25.0 Å². The van der Waals surface area contributed by atoms with Gasteiger partial charge in [0, 0.05) is 17.1 Å². The zero-order valence-electron chi connectivity index (χ0n) is 12.4. The molecule has 0 radical (unpaired) electrons. The summed E-state index contributed by atoms with van der Waals surface area (Å²) in [4.78, 5) is 0. The molecule has 4 heteroatoms. The summed E-state index contributed by atoms with van der Waals surface area (Å²) in [6, 6.07) is 12.3. The normalized spacial score (nSPS) is 11.0. The largest absolute Gasteiger partial charge is 0.456 e. The fourth-order valence-corrected chi connectivity index (χ4v) is 2.62. The predicted octanol–water partition coefficient (Wildman–Crippen LogP) is 5.70. The van der Waals surface area contributed by atoms with Gasteiger partial charge in [0.1, 0.15) is 11.5 Å². The molecule has 2 rings (SSSR count). The number of benzene rings is 2. The van der Waals surface area contributed by atoms with Crippen LogP contribution in [0, 0.1) is 6.92 Å². The third-order valence-electron chi connectivity index (χ3n) is 3.07. The van der Waals surface area contributed by atoms with E-state index in [1.54, 1.807) is 0 Å². The van der Waals surface area contributed by atoms with Crippen LogP contribution < -0.4 is 10.1 Å². The van der Waals surface area contributed by atoms with Crippen molar-refractivity contribution < 1.29 is 4.74 Å². The summed E-state index contributed by atoms with van der Waals surface area (Å²) in [5.41, 5.74) is 2.21. The van der Waals surface area contributed by atoms with Crippen LogP contribution in [0.2, 0.25) is 5.02 Å². The van der Waals surface area contributed by atoms with Crippen LogP contribution >= 0.6 is 27.5 Å². The number of rotatable bonds is 5. The molecule has 0 aliphatic carbocycles. The number of hydrogen-bond donors (Lipinski definition) is 1. The molecule has 1 N–H and O–H groups in total. The molecular formula is C17H19BrClNO. The number of hydrogen-bond acceptors (Lipinski definition) is 2. The van der Waals surface area contributed by atoms with Crippen molar-refractivity contribution in [3.8, 4) is 11.5 Å². The number of ether oxygens (including phenoxy) is 1. The summed E-state index contributed by atoms with van der Waals surface area (Å²) in [5.74, 6) is 1.49. The van der Waals surface area contributed by atoms with Gasteiger partial charge in [-0.25, -0.2) is 0 Å². The average molecular weight is 369 g/mol. The molecule has 0 fully saturated rings. The molecule has 2 aromatic carbocycles. The van der Waals surface area contributed by atoms with Crippen molar-refractivity contribution in [2.75, 3.05) is 0 Å². The molecule has 112 valence electrons. The van der Waals surface area contributed by atoms with Crippen LogP contribution in [-0.2, 0) is 6.54 Å². The van der Waals surface area contributed by atoms with Gasteiger partial charge in [-0.3, -0.25) is 0 Å². The maximum Gasteiger partial charge on any atom is 0.146 e. The van der Waals surface area contributed by atoms with Gasteiger partial charge in [0.15, 0.2) is 0 Å². The van der Waals surface area contributed by atoms with Gasteiger partial charge in [0.25, 0.3) is 0 Å². The lowest BCUT2D eigenvalue weighted by molar-refractivity contribution is 0.478. The van der Waals surface area contributed by atoms with Crippen LogP contribution in [0.4, 0.5) is 0 Å². The van der Waals surface area contributed by atoms with E-state index in [9.17, 15) is 0 Å². The Kier molecular flexibility index (Phi) is 5.68. The predicted molar refractivity (Wildman–Crippen MR) is 92.4 cm³/mol. The van der Waals surface area contributed by atoms with E-state index in [-0.39, 0.29) is 0 Å². The molecule has 0 aliphatic rings. The van der Waals surface area contributed by atoms with Gasteiger partial charge in [-0.1, -0.05) is 47.4 Å². The molecule has 0 aliphatic heterocycles. The molecule has 2 aromatic rings. The first-order chi connectivity index (χ1) is 9.95. The molecule has 2 nitrogen and oxygen atoms in total. The Morgan fingerprint density at radius 1 is 1.14 bits per heavy atom. The first kappa shape index (κ1) is 16.3. The molecule has 0 aromatic heterocycles. The second-order valence-electron chi connectivity index (χ2n) is 5.31. The number of aryl methyl sites for hydroxylation is 1. The maximum absolute atomic E-state index is 6.32. The average Bonchev–Trinajstić information content (AvgIpc) is 2.42. The third kappa shape index (κ3) is 4.73. The van der Waals surface area contributed by atoms with E-state index in [1.165, 1.54) is 0 Å². The van der Waals surface area contributed by atoms with Crippen LogP contribution in [0.3, 0.4) is 0 Å². The Morgan fingerprint density at radius 2 is 1.86 bits per heavy atom. The number of nitrogens with one attached hydrogen (secondary N) is 1. The zero-order chi connectivity index (χ0) is 15.4. The van der Waals surface area contributed by atoms with Gasteiger partial charge in [-0.15, -0.1) is 0 Å². The lowest BCUT2D eigenvalue weighted by atomic mass is 10.2. The summed E-state index contributed by atoms with van der Waals surface area (Å²) >= 11 is 9.76. The van der Waals surface area contributed by atoms with Crippen LogP contribution in [0.5, 0.6) is 11.5 Å². The Hall–Kier alpha value is -1.03. The van der Waals surface area contributed by atoms with E-state index in [1.807, 2.05) is 43.3 Å². The van der Waals surface area contributed by atoms with Crippen molar-refractivity contribution in [1.82, 2.24) is 5.32 Å². The van der Waals surface area contributed by atoms with Crippen molar-refractivity contribution in [2.45, 2.75) is 33.4 Å². The first-order valence-corrected chi connectivity index (χ1v) is 8.08. The molecule has 21 heavy (non-hydrogen) atoms. The topological polar surface area (TPSA) is 21.3 Å². The van der Waals surface area contributed by atoms with Crippen molar-refractivity contribution in [3.63, 3.8) is 0 Å². The fraction of sp³-hybridized carbons (Fsp3) is 0.294. The van der Waals surface area contributed by atoms with Crippen LogP contribution in [0.25, 0.3) is 0 Å². The summed E-state index contributed by atoms with van der Waals surface area (Å²) < 4.78 is 6.94. The van der Waals surface area contributed by atoms with Crippen molar-refractivity contribution in [3.05, 3.63) is 57.0 Å². The Balaban J connectivity index is 2.13. The van der Waals surface area contributed by atoms with Crippen molar-refractivity contribution in [1.29, 1.82) is 0 Å². The van der Waals surface area contributed by atoms with Gasteiger partial charge in [0.2, 0.25) is 0 Å². The van der Waals surface area contributed by atoms with Gasteiger partial charge in [0.05, 0.1) is 5.02 Å². The van der Waals surface area contributed by atoms with E-state index in [0.29, 0.717) is 16.8 Å². The highest BCUT2D eigenvalue weighted by molar-refractivity contribution is 9.10. The van der Waals surface area contributed by atoms with Crippen molar-refractivity contribution >= 4 is 27.5 Å². The molecule has 0 unspecified atom stereocenters. The number of halogens is 2. The molecular weight excluding hydrogens is 350 g/mol. The molecule has 0 heterocycles. The van der Waals surface area contributed by atoms with E-state index in [2.05, 4.69) is 35.1 Å². The standard InChI is InChI=1S/C17H19BrClNO/c1-11(2)20-10-13-4-6-17(15(19)9-13)21-16-7-5-14(18)8-12(16)3/h4-9,11,20H,10H2,1-3H3. The Bertz CT molecular complexity index is 628. The zero-order valence-corrected chi connectivity index (χ0v) is 14.8. The second-order valence-corrected chi connectivity index (χ2v) is 6.64. The molecule has 0 saturated heterocycles. The monoisotopic (exact) mass is 367 g/mol. The molecule has 0 saturated carbocycles. The highest BCUT2D eigenvalue weighted by Crippen LogP contribution is 2.32. The van der Waals surface area contributed by atoms with E-state index in [4.69, 9.17) is 16.3 Å². The Labute approximate surface area is 139 Å². The lowest BCUT2D eigenvalue weighted by Crippen LogP contribution is -2.21. The first-order valence-electron chi connectivity index (χ1n) is 6.91. The lowest BCUT2D eigenvalue weighted by Gasteiger charge is -2.12. The van der Waals surface area contributed by atoms with Crippen molar-refractivity contribution in [2.24, 2.45) is 0 Å². The van der Waals surface area contributed by atoms with E-state index >= 15 is 0 Å². The van der Waals surface area contributed by atoms with Gasteiger partial charge >= 0.3 is 0 Å². The van der Waals surface area contributed by atoms with Gasteiger partial charge in [-0.05, 0) is 48.4 Å². The quantitative estimate of drug-likeness (QED) is 0.730. The third-order valence-corrected chi connectivity index (χ3v) is 3.86. The minimum Gasteiger partial charge on any atom is -0.456 e. The minimum absolute atomic E-state index is 0.449.